The average Bonchev–Trinajstić information content (AvgIpc) is 2.71. The molecule has 1 heterocycles. The van der Waals surface area contributed by atoms with E-state index in [4.69, 9.17) is 26.2 Å². The Morgan fingerprint density at radius 2 is 1.84 bits per heavy atom. The standard InChI is InChI=1S/C21H17ClN2O7/c1-2-30-15-6-4-14(5-7-15)24-20(28)16(19(27)23-21(24)29)10-12-9-13(22)3-8-17(12)31-11-18(25)26/h3-10H,2,11H2,1H3,(H,25,26)(H,23,27,29)/b16-10-. The highest BCUT2D eigenvalue weighted by molar-refractivity contribution is 6.39. The smallest absolute Gasteiger partial charge is 0.341 e. The number of benzene rings is 2. The van der Waals surface area contributed by atoms with Gasteiger partial charge in [-0.1, -0.05) is 11.6 Å². The van der Waals surface area contributed by atoms with E-state index < -0.39 is 30.4 Å². The van der Waals surface area contributed by atoms with Gasteiger partial charge < -0.3 is 14.6 Å². The Labute approximate surface area is 181 Å². The molecule has 0 spiro atoms. The van der Waals surface area contributed by atoms with Crippen LogP contribution in [0.5, 0.6) is 11.5 Å². The van der Waals surface area contributed by atoms with Gasteiger partial charge in [0.25, 0.3) is 11.8 Å². The van der Waals surface area contributed by atoms with E-state index in [1.54, 1.807) is 12.1 Å². The first kappa shape index (κ1) is 21.8. The van der Waals surface area contributed by atoms with Gasteiger partial charge in [0.1, 0.15) is 17.1 Å². The summed E-state index contributed by atoms with van der Waals surface area (Å²) in [5.74, 6) is -2.30. The minimum atomic E-state index is -1.20. The Kier molecular flexibility index (Phi) is 6.56. The highest BCUT2D eigenvalue weighted by Crippen LogP contribution is 2.28. The third kappa shape index (κ3) is 5.01. The molecule has 0 aromatic heterocycles. The molecule has 0 unspecified atom stereocenters. The Morgan fingerprint density at radius 3 is 2.48 bits per heavy atom. The van der Waals surface area contributed by atoms with Crippen LogP contribution in [0.25, 0.3) is 6.08 Å². The molecule has 1 fully saturated rings. The molecule has 1 aliphatic heterocycles. The molecule has 10 heteroatoms. The number of hydrogen-bond donors (Lipinski definition) is 2. The number of carbonyl (C=O) groups excluding carboxylic acids is 3. The zero-order valence-electron chi connectivity index (χ0n) is 16.3. The van der Waals surface area contributed by atoms with Crippen LogP contribution in [-0.4, -0.2) is 42.1 Å². The third-order valence-electron chi connectivity index (χ3n) is 4.13. The number of carbonyl (C=O) groups is 4. The predicted molar refractivity (Wildman–Crippen MR) is 111 cm³/mol. The zero-order chi connectivity index (χ0) is 22.5. The van der Waals surface area contributed by atoms with Crippen molar-refractivity contribution in [1.82, 2.24) is 5.32 Å². The highest BCUT2D eigenvalue weighted by atomic mass is 35.5. The number of halogens is 1. The van der Waals surface area contributed by atoms with Gasteiger partial charge in [-0.05, 0) is 55.5 Å². The van der Waals surface area contributed by atoms with E-state index in [0.717, 1.165) is 4.90 Å². The number of nitrogens with one attached hydrogen (secondary N) is 1. The molecule has 1 saturated heterocycles. The third-order valence-corrected chi connectivity index (χ3v) is 4.37. The first-order valence-electron chi connectivity index (χ1n) is 9.08. The molecule has 31 heavy (non-hydrogen) atoms. The van der Waals surface area contributed by atoms with E-state index >= 15 is 0 Å². The van der Waals surface area contributed by atoms with Crippen molar-refractivity contribution in [3.63, 3.8) is 0 Å². The van der Waals surface area contributed by atoms with Crippen LogP contribution in [-0.2, 0) is 14.4 Å². The van der Waals surface area contributed by atoms with Crippen LogP contribution in [0.2, 0.25) is 5.02 Å². The Morgan fingerprint density at radius 1 is 1.13 bits per heavy atom. The maximum Gasteiger partial charge on any atom is 0.341 e. The van der Waals surface area contributed by atoms with Crippen molar-refractivity contribution in [2.24, 2.45) is 0 Å². The molecule has 0 bridgehead atoms. The number of aliphatic carboxylic acids is 1. The maximum atomic E-state index is 13.0. The summed E-state index contributed by atoms with van der Waals surface area (Å²) in [6, 6.07) is 9.60. The van der Waals surface area contributed by atoms with Gasteiger partial charge in [-0.25, -0.2) is 14.5 Å². The topological polar surface area (TPSA) is 122 Å². The second kappa shape index (κ2) is 9.31. The quantitative estimate of drug-likeness (QED) is 0.497. The van der Waals surface area contributed by atoms with Crippen molar-refractivity contribution in [2.75, 3.05) is 18.1 Å². The first-order valence-corrected chi connectivity index (χ1v) is 9.46. The first-order chi connectivity index (χ1) is 14.8. The number of anilines is 1. The van der Waals surface area contributed by atoms with Gasteiger partial charge in [-0.15, -0.1) is 0 Å². The van der Waals surface area contributed by atoms with E-state index in [9.17, 15) is 19.2 Å². The van der Waals surface area contributed by atoms with E-state index in [-0.39, 0.29) is 27.6 Å². The lowest BCUT2D eigenvalue weighted by molar-refractivity contribution is -0.139. The fraction of sp³-hybridized carbons (Fsp3) is 0.143. The van der Waals surface area contributed by atoms with Gasteiger partial charge in [0.15, 0.2) is 6.61 Å². The molecule has 160 valence electrons. The van der Waals surface area contributed by atoms with Crippen LogP contribution < -0.4 is 19.7 Å². The number of rotatable bonds is 7. The number of amides is 4. The molecule has 9 nitrogen and oxygen atoms in total. The van der Waals surface area contributed by atoms with Crippen LogP contribution in [0.15, 0.2) is 48.0 Å². The van der Waals surface area contributed by atoms with Crippen molar-refractivity contribution in [3.05, 3.63) is 58.6 Å². The number of carboxylic acid groups (broad SMARTS) is 1. The summed E-state index contributed by atoms with van der Waals surface area (Å²) in [5, 5.41) is 11.2. The Hall–Kier alpha value is -3.85. The van der Waals surface area contributed by atoms with E-state index in [0.29, 0.717) is 12.4 Å². The summed E-state index contributed by atoms with van der Waals surface area (Å²) in [4.78, 5) is 49.3. The lowest BCUT2D eigenvalue weighted by atomic mass is 10.1. The van der Waals surface area contributed by atoms with Crippen LogP contribution in [0.3, 0.4) is 0 Å². The van der Waals surface area contributed by atoms with Gasteiger partial charge in [0.2, 0.25) is 0 Å². The monoisotopic (exact) mass is 444 g/mol. The van der Waals surface area contributed by atoms with Crippen LogP contribution >= 0.6 is 11.6 Å². The lowest BCUT2D eigenvalue weighted by Crippen LogP contribution is -2.54. The summed E-state index contributed by atoms with van der Waals surface area (Å²) in [7, 11) is 0. The van der Waals surface area contributed by atoms with E-state index in [2.05, 4.69) is 5.32 Å². The second-order valence-electron chi connectivity index (χ2n) is 6.25. The number of nitrogens with zero attached hydrogens (tertiary/aromatic N) is 1. The van der Waals surface area contributed by atoms with Crippen LogP contribution in [0, 0.1) is 0 Å². The number of imide groups is 2. The van der Waals surface area contributed by atoms with Gasteiger partial charge in [-0.2, -0.15) is 0 Å². The van der Waals surface area contributed by atoms with Gasteiger partial charge in [0, 0.05) is 10.6 Å². The minimum Gasteiger partial charge on any atom is -0.494 e. The average molecular weight is 445 g/mol. The molecular weight excluding hydrogens is 428 g/mol. The zero-order valence-corrected chi connectivity index (χ0v) is 17.0. The number of ether oxygens (including phenoxy) is 2. The number of urea groups is 1. The molecule has 0 saturated carbocycles. The number of hydrogen-bond acceptors (Lipinski definition) is 6. The molecule has 4 amide bonds. The molecule has 0 atom stereocenters. The summed E-state index contributed by atoms with van der Waals surface area (Å²) in [5.41, 5.74) is 0.0852. The van der Waals surface area contributed by atoms with Crippen molar-refractivity contribution in [3.8, 4) is 11.5 Å². The summed E-state index contributed by atoms with van der Waals surface area (Å²) in [6.45, 7) is 1.65. The molecule has 3 rings (SSSR count). The maximum absolute atomic E-state index is 13.0. The Balaban J connectivity index is 1.97. The van der Waals surface area contributed by atoms with Crippen LogP contribution in [0.4, 0.5) is 10.5 Å². The fourth-order valence-corrected chi connectivity index (χ4v) is 2.99. The van der Waals surface area contributed by atoms with Crippen molar-refractivity contribution in [1.29, 1.82) is 0 Å². The van der Waals surface area contributed by atoms with Crippen LogP contribution in [0.1, 0.15) is 12.5 Å². The summed E-state index contributed by atoms with van der Waals surface area (Å²) < 4.78 is 10.5. The second-order valence-corrected chi connectivity index (χ2v) is 6.69. The molecule has 2 aromatic carbocycles. The fourth-order valence-electron chi connectivity index (χ4n) is 2.81. The summed E-state index contributed by atoms with van der Waals surface area (Å²) >= 11 is 6.00. The predicted octanol–water partition coefficient (Wildman–Crippen LogP) is 2.87. The van der Waals surface area contributed by atoms with E-state index in [1.807, 2.05) is 6.92 Å². The molecule has 0 radical (unpaired) electrons. The van der Waals surface area contributed by atoms with Gasteiger partial charge in [-0.3, -0.25) is 14.9 Å². The molecule has 1 aliphatic rings. The number of carboxylic acids is 1. The Bertz CT molecular complexity index is 1080. The van der Waals surface area contributed by atoms with Crippen molar-refractivity contribution < 1.29 is 33.8 Å². The molecule has 2 aromatic rings. The summed E-state index contributed by atoms with van der Waals surface area (Å²) in [6.07, 6.45) is 1.19. The van der Waals surface area contributed by atoms with Crippen molar-refractivity contribution in [2.45, 2.75) is 6.92 Å². The molecule has 2 N–H and O–H groups in total. The molecular formula is C21H17ClN2O7. The van der Waals surface area contributed by atoms with Gasteiger partial charge in [0.05, 0.1) is 12.3 Å². The molecule has 0 aliphatic carbocycles. The normalized spacial score (nSPS) is 15.1. The minimum absolute atomic E-state index is 0.101. The van der Waals surface area contributed by atoms with Crippen molar-refractivity contribution >= 4 is 47.2 Å². The SMILES string of the molecule is CCOc1ccc(N2C(=O)NC(=O)/C(=C/c3cc(Cl)ccc3OCC(=O)O)C2=O)cc1. The highest BCUT2D eigenvalue weighted by Gasteiger charge is 2.37. The largest absolute Gasteiger partial charge is 0.494 e. The number of barbiturate groups is 1. The lowest BCUT2D eigenvalue weighted by Gasteiger charge is -2.26. The van der Waals surface area contributed by atoms with Gasteiger partial charge >= 0.3 is 12.0 Å². The van der Waals surface area contributed by atoms with E-state index in [1.165, 1.54) is 36.4 Å².